The first-order valence-corrected chi connectivity index (χ1v) is 13.0. The Morgan fingerprint density at radius 3 is 2.42 bits per heavy atom. The van der Waals surface area contributed by atoms with Gasteiger partial charge in [-0.2, -0.15) is 13.2 Å². The number of hydrogen-bond acceptors (Lipinski definition) is 6. The highest BCUT2D eigenvalue weighted by Crippen LogP contribution is 2.32. The SMILES string of the molecule is COc1ccc(C(=O)NCc2nnc(SCc3cccc(C(F)(F)F)c3)n2-c2ccc(Br)cc2)cc1OC. The lowest BCUT2D eigenvalue weighted by molar-refractivity contribution is -0.137. The van der Waals surface area contributed by atoms with Crippen molar-refractivity contribution >= 4 is 33.6 Å². The van der Waals surface area contributed by atoms with Crippen LogP contribution in [0.2, 0.25) is 0 Å². The number of rotatable bonds is 9. The number of alkyl halides is 3. The van der Waals surface area contributed by atoms with E-state index >= 15 is 0 Å². The van der Waals surface area contributed by atoms with Crippen LogP contribution in [0.25, 0.3) is 5.69 Å². The quantitative estimate of drug-likeness (QED) is 0.226. The highest BCUT2D eigenvalue weighted by molar-refractivity contribution is 9.10. The van der Waals surface area contributed by atoms with Gasteiger partial charge in [0.2, 0.25) is 0 Å². The normalized spacial score (nSPS) is 11.3. The standard InChI is InChI=1S/C26H22BrF3N4O3S/c1-36-21-11-6-17(13-22(21)37-2)24(35)31-14-23-32-33-25(34(23)20-9-7-19(27)8-10-20)38-15-16-4-3-5-18(12-16)26(28,29)30/h3-13H,14-15H2,1-2H3,(H,31,35). The van der Waals surface area contributed by atoms with E-state index < -0.39 is 11.7 Å². The minimum atomic E-state index is -4.42. The van der Waals surface area contributed by atoms with Gasteiger partial charge >= 0.3 is 6.18 Å². The second kappa shape index (κ2) is 11.9. The Labute approximate surface area is 229 Å². The van der Waals surface area contributed by atoms with Crippen molar-refractivity contribution in [3.05, 3.63) is 93.7 Å². The molecule has 0 atom stereocenters. The minimum absolute atomic E-state index is 0.0559. The van der Waals surface area contributed by atoms with E-state index in [1.807, 2.05) is 24.3 Å². The van der Waals surface area contributed by atoms with E-state index in [2.05, 4.69) is 31.4 Å². The van der Waals surface area contributed by atoms with Crippen molar-refractivity contribution in [1.82, 2.24) is 20.1 Å². The molecule has 0 saturated carbocycles. The molecule has 1 heterocycles. The third-order valence-corrected chi connectivity index (χ3v) is 6.99. The number of hydrogen-bond donors (Lipinski definition) is 1. The third kappa shape index (κ3) is 6.48. The van der Waals surface area contributed by atoms with E-state index in [-0.39, 0.29) is 18.2 Å². The van der Waals surface area contributed by atoms with Crippen LogP contribution >= 0.6 is 27.7 Å². The van der Waals surface area contributed by atoms with Crippen molar-refractivity contribution in [2.75, 3.05) is 14.2 Å². The molecule has 198 valence electrons. The molecular weight excluding hydrogens is 585 g/mol. The number of halogens is 4. The Bertz CT molecular complexity index is 1430. The van der Waals surface area contributed by atoms with Crippen LogP contribution in [-0.2, 0) is 18.5 Å². The lowest BCUT2D eigenvalue weighted by Crippen LogP contribution is -2.24. The average molecular weight is 607 g/mol. The number of carbonyl (C=O) groups is 1. The zero-order valence-corrected chi connectivity index (χ0v) is 22.7. The average Bonchev–Trinajstić information content (AvgIpc) is 3.33. The maximum atomic E-state index is 13.1. The number of aromatic nitrogens is 3. The van der Waals surface area contributed by atoms with Gasteiger partial charge in [-0.15, -0.1) is 10.2 Å². The molecule has 0 aliphatic heterocycles. The molecule has 1 aromatic heterocycles. The van der Waals surface area contributed by atoms with Crippen molar-refractivity contribution in [3.8, 4) is 17.2 Å². The Morgan fingerprint density at radius 2 is 1.74 bits per heavy atom. The zero-order chi connectivity index (χ0) is 27.3. The Hall–Kier alpha value is -3.51. The smallest absolute Gasteiger partial charge is 0.416 e. The summed E-state index contributed by atoms with van der Waals surface area (Å²) in [7, 11) is 2.99. The van der Waals surface area contributed by atoms with Crippen molar-refractivity contribution in [3.63, 3.8) is 0 Å². The van der Waals surface area contributed by atoms with Crippen LogP contribution in [0.5, 0.6) is 11.5 Å². The number of methoxy groups -OCH3 is 2. The summed E-state index contributed by atoms with van der Waals surface area (Å²) in [5.74, 6) is 1.27. The Morgan fingerprint density at radius 1 is 1.00 bits per heavy atom. The number of ether oxygens (including phenoxy) is 2. The monoisotopic (exact) mass is 606 g/mol. The summed E-state index contributed by atoms with van der Waals surface area (Å²) in [6, 6.07) is 17.4. The van der Waals surface area contributed by atoms with Crippen molar-refractivity contribution in [1.29, 1.82) is 0 Å². The van der Waals surface area contributed by atoms with Crippen LogP contribution in [0.3, 0.4) is 0 Å². The number of benzene rings is 3. The molecule has 1 N–H and O–H groups in total. The first kappa shape index (κ1) is 27.5. The van der Waals surface area contributed by atoms with Crippen LogP contribution in [0.1, 0.15) is 27.3 Å². The molecule has 7 nitrogen and oxygen atoms in total. The summed E-state index contributed by atoms with van der Waals surface area (Å²) < 4.78 is 52.5. The van der Waals surface area contributed by atoms with Crippen LogP contribution < -0.4 is 14.8 Å². The van der Waals surface area contributed by atoms with Gasteiger partial charge in [0.25, 0.3) is 5.91 Å². The summed E-state index contributed by atoms with van der Waals surface area (Å²) in [5.41, 5.74) is 0.902. The number of thioether (sulfide) groups is 1. The molecule has 0 saturated heterocycles. The zero-order valence-electron chi connectivity index (χ0n) is 20.3. The molecule has 4 aromatic rings. The van der Waals surface area contributed by atoms with Gasteiger partial charge in [0.1, 0.15) is 0 Å². The molecule has 0 fully saturated rings. The number of carbonyl (C=O) groups excluding carboxylic acids is 1. The Kier molecular flexibility index (Phi) is 8.62. The predicted octanol–water partition coefficient (Wildman–Crippen LogP) is 6.29. The van der Waals surface area contributed by atoms with Gasteiger partial charge in [0.05, 0.1) is 26.3 Å². The molecule has 0 unspecified atom stereocenters. The van der Waals surface area contributed by atoms with E-state index in [9.17, 15) is 18.0 Å². The largest absolute Gasteiger partial charge is 0.493 e. The molecule has 0 bridgehead atoms. The highest BCUT2D eigenvalue weighted by Gasteiger charge is 2.30. The molecule has 0 aliphatic carbocycles. The number of nitrogens with zero attached hydrogens (tertiary/aromatic N) is 3. The van der Waals surface area contributed by atoms with Gasteiger partial charge in [-0.05, 0) is 54.1 Å². The fourth-order valence-electron chi connectivity index (χ4n) is 3.58. The maximum absolute atomic E-state index is 13.1. The van der Waals surface area contributed by atoms with Crippen molar-refractivity contribution in [2.45, 2.75) is 23.6 Å². The Balaban J connectivity index is 1.56. The molecule has 0 radical (unpaired) electrons. The fourth-order valence-corrected chi connectivity index (χ4v) is 4.76. The number of amides is 1. The van der Waals surface area contributed by atoms with Crippen molar-refractivity contribution in [2.24, 2.45) is 0 Å². The summed E-state index contributed by atoms with van der Waals surface area (Å²) in [6.07, 6.45) is -4.42. The molecular formula is C26H22BrF3N4O3S. The van der Waals surface area contributed by atoms with Crippen molar-refractivity contribution < 1.29 is 27.4 Å². The van der Waals surface area contributed by atoms with E-state index in [0.29, 0.717) is 33.6 Å². The van der Waals surface area contributed by atoms with E-state index in [1.54, 1.807) is 28.8 Å². The van der Waals surface area contributed by atoms with Gasteiger partial charge < -0.3 is 14.8 Å². The molecule has 0 spiro atoms. The summed E-state index contributed by atoms with van der Waals surface area (Å²) in [4.78, 5) is 12.8. The lowest BCUT2D eigenvalue weighted by Gasteiger charge is -2.12. The third-order valence-electron chi connectivity index (χ3n) is 5.46. The maximum Gasteiger partial charge on any atom is 0.416 e. The first-order chi connectivity index (χ1) is 18.2. The van der Waals surface area contributed by atoms with Gasteiger partial charge in [-0.1, -0.05) is 45.9 Å². The summed E-state index contributed by atoms with van der Waals surface area (Å²) >= 11 is 4.66. The van der Waals surface area contributed by atoms with Gasteiger partial charge in [-0.3, -0.25) is 9.36 Å². The summed E-state index contributed by atoms with van der Waals surface area (Å²) in [6.45, 7) is 0.0559. The van der Waals surface area contributed by atoms with Crippen LogP contribution in [-0.4, -0.2) is 34.9 Å². The lowest BCUT2D eigenvalue weighted by atomic mass is 10.1. The minimum Gasteiger partial charge on any atom is -0.493 e. The second-order valence-corrected chi connectivity index (χ2v) is 9.81. The molecule has 38 heavy (non-hydrogen) atoms. The van der Waals surface area contributed by atoms with Crippen LogP contribution in [0.15, 0.2) is 76.4 Å². The molecule has 3 aromatic carbocycles. The van der Waals surface area contributed by atoms with Gasteiger partial charge in [0.15, 0.2) is 22.5 Å². The van der Waals surface area contributed by atoms with E-state index in [0.717, 1.165) is 22.3 Å². The fraction of sp³-hybridized carbons (Fsp3) is 0.192. The number of nitrogens with one attached hydrogen (secondary N) is 1. The second-order valence-electron chi connectivity index (χ2n) is 7.95. The molecule has 4 rings (SSSR count). The molecule has 12 heteroatoms. The van der Waals surface area contributed by atoms with E-state index in [1.165, 1.54) is 32.0 Å². The predicted molar refractivity (Wildman–Crippen MR) is 141 cm³/mol. The molecule has 1 amide bonds. The summed E-state index contributed by atoms with van der Waals surface area (Å²) in [5, 5.41) is 11.8. The van der Waals surface area contributed by atoms with Gasteiger partial charge in [-0.25, -0.2) is 0 Å². The van der Waals surface area contributed by atoms with Crippen LogP contribution in [0, 0.1) is 0 Å². The van der Waals surface area contributed by atoms with Gasteiger partial charge in [0, 0.05) is 21.5 Å². The molecule has 0 aliphatic rings. The first-order valence-electron chi connectivity index (χ1n) is 11.2. The van der Waals surface area contributed by atoms with E-state index in [4.69, 9.17) is 9.47 Å². The van der Waals surface area contributed by atoms with Crippen LogP contribution in [0.4, 0.5) is 13.2 Å². The topological polar surface area (TPSA) is 78.3 Å². The highest BCUT2D eigenvalue weighted by atomic mass is 79.9.